The lowest BCUT2D eigenvalue weighted by atomic mass is 10.2. The van der Waals surface area contributed by atoms with Crippen molar-refractivity contribution in [3.05, 3.63) is 27.7 Å². The zero-order chi connectivity index (χ0) is 16.0. The van der Waals surface area contributed by atoms with Crippen molar-refractivity contribution in [1.29, 1.82) is 0 Å². The number of aromatic carboxylic acids is 1. The third kappa shape index (κ3) is 5.08. The number of rotatable bonds is 6. The molecular weight excluding hydrogens is 317 g/mol. The lowest BCUT2D eigenvalue weighted by molar-refractivity contribution is 0.0698. The smallest absolute Gasteiger partial charge is 0.337 e. The Morgan fingerprint density at radius 3 is 2.57 bits per heavy atom. The summed E-state index contributed by atoms with van der Waals surface area (Å²) in [5.74, 6) is -1.22. The zero-order valence-corrected chi connectivity index (χ0v) is 13.3. The second-order valence-electron chi connectivity index (χ2n) is 4.42. The number of nitrogens with one attached hydrogen (secondary N) is 2. The molecule has 8 heteroatoms. The average Bonchev–Trinajstić information content (AvgIpc) is 2.41. The second kappa shape index (κ2) is 8.07. The molecule has 1 aromatic carbocycles. The van der Waals surface area contributed by atoms with Crippen molar-refractivity contribution < 1.29 is 14.7 Å². The van der Waals surface area contributed by atoms with Crippen molar-refractivity contribution in [2.75, 3.05) is 32.5 Å². The predicted octanol–water partition coefficient (Wildman–Crippen LogP) is 2.76. The van der Waals surface area contributed by atoms with Gasteiger partial charge in [-0.2, -0.15) is 0 Å². The Kier molecular flexibility index (Phi) is 6.74. The number of carbonyl (C=O) groups is 2. The molecule has 0 radical (unpaired) electrons. The first-order valence-corrected chi connectivity index (χ1v) is 7.01. The molecule has 0 unspecified atom stereocenters. The van der Waals surface area contributed by atoms with Crippen LogP contribution in [0.3, 0.4) is 0 Å². The highest BCUT2D eigenvalue weighted by atomic mass is 35.5. The highest BCUT2D eigenvalue weighted by Crippen LogP contribution is 2.30. The topological polar surface area (TPSA) is 81.7 Å². The summed E-state index contributed by atoms with van der Waals surface area (Å²) < 4.78 is 0. The molecule has 0 fully saturated rings. The molecule has 0 atom stereocenters. The molecule has 21 heavy (non-hydrogen) atoms. The lowest BCUT2D eigenvalue weighted by Crippen LogP contribution is -2.33. The molecular formula is C13H17Cl2N3O3. The van der Waals surface area contributed by atoms with Gasteiger partial charge in [0.15, 0.2) is 0 Å². The van der Waals surface area contributed by atoms with Gasteiger partial charge in [-0.05, 0) is 32.1 Å². The van der Waals surface area contributed by atoms with Crippen LogP contribution in [0.15, 0.2) is 12.1 Å². The van der Waals surface area contributed by atoms with Gasteiger partial charge in [0.25, 0.3) is 0 Å². The normalized spacial score (nSPS) is 10.3. The Balaban J connectivity index is 2.87. The number of hydrogen-bond acceptors (Lipinski definition) is 3. The largest absolute Gasteiger partial charge is 0.478 e. The summed E-state index contributed by atoms with van der Waals surface area (Å²) in [6, 6.07) is 2.19. The molecule has 116 valence electrons. The maximum Gasteiger partial charge on any atom is 0.337 e. The van der Waals surface area contributed by atoms with Crippen LogP contribution < -0.4 is 10.6 Å². The van der Waals surface area contributed by atoms with Gasteiger partial charge in [-0.25, -0.2) is 9.59 Å². The third-order valence-corrected chi connectivity index (χ3v) is 3.30. The molecule has 0 spiro atoms. The van der Waals surface area contributed by atoms with Crippen LogP contribution in [0, 0.1) is 0 Å². The number of anilines is 1. The number of carboxylic acids is 1. The van der Waals surface area contributed by atoms with Gasteiger partial charge in [-0.3, -0.25) is 0 Å². The Morgan fingerprint density at radius 1 is 1.33 bits per heavy atom. The van der Waals surface area contributed by atoms with Crippen molar-refractivity contribution in [3.8, 4) is 0 Å². The quantitative estimate of drug-likeness (QED) is 0.699. The molecule has 3 N–H and O–H groups in total. The van der Waals surface area contributed by atoms with E-state index >= 15 is 0 Å². The van der Waals surface area contributed by atoms with E-state index in [4.69, 9.17) is 28.3 Å². The molecule has 0 saturated heterocycles. The first kappa shape index (κ1) is 17.6. The van der Waals surface area contributed by atoms with E-state index < -0.39 is 12.0 Å². The number of carbonyl (C=O) groups excluding carboxylic acids is 1. The molecule has 6 nitrogen and oxygen atoms in total. The molecule has 2 amide bonds. The fourth-order valence-corrected chi connectivity index (χ4v) is 2.21. The number of benzene rings is 1. The van der Waals surface area contributed by atoms with Gasteiger partial charge < -0.3 is 20.6 Å². The first-order chi connectivity index (χ1) is 9.86. The molecule has 0 aromatic heterocycles. The highest BCUT2D eigenvalue weighted by molar-refractivity contribution is 6.37. The SMILES string of the molecule is CNCCCN(C)C(=O)Nc1c(Cl)cc(Cl)cc1C(=O)O. The van der Waals surface area contributed by atoms with Crippen LogP contribution in [-0.4, -0.2) is 49.2 Å². The monoisotopic (exact) mass is 333 g/mol. The first-order valence-electron chi connectivity index (χ1n) is 6.26. The van der Waals surface area contributed by atoms with Gasteiger partial charge in [0.1, 0.15) is 0 Å². The highest BCUT2D eigenvalue weighted by Gasteiger charge is 2.18. The number of urea groups is 1. The molecule has 1 rings (SSSR count). The molecule has 0 saturated carbocycles. The predicted molar refractivity (Wildman–Crippen MR) is 83.6 cm³/mol. The van der Waals surface area contributed by atoms with E-state index in [2.05, 4.69) is 10.6 Å². The summed E-state index contributed by atoms with van der Waals surface area (Å²) in [6.45, 7) is 1.31. The summed E-state index contributed by atoms with van der Waals surface area (Å²) in [5, 5.41) is 14.9. The number of nitrogens with zero attached hydrogens (tertiary/aromatic N) is 1. The van der Waals surface area contributed by atoms with Gasteiger partial charge in [0, 0.05) is 18.6 Å². The van der Waals surface area contributed by atoms with Crippen LogP contribution >= 0.6 is 23.2 Å². The number of hydrogen-bond donors (Lipinski definition) is 3. The van der Waals surface area contributed by atoms with Crippen LogP contribution in [0.2, 0.25) is 10.0 Å². The fourth-order valence-electron chi connectivity index (χ4n) is 1.67. The molecule has 0 bridgehead atoms. The maximum atomic E-state index is 12.0. The Hall–Kier alpha value is -1.50. The summed E-state index contributed by atoms with van der Waals surface area (Å²) in [4.78, 5) is 24.7. The van der Waals surface area contributed by atoms with Gasteiger partial charge in [0.2, 0.25) is 0 Å². The van der Waals surface area contributed by atoms with Gasteiger partial charge in [-0.15, -0.1) is 0 Å². The third-order valence-electron chi connectivity index (χ3n) is 2.78. The number of carboxylic acid groups (broad SMARTS) is 1. The van der Waals surface area contributed by atoms with Crippen molar-refractivity contribution in [2.45, 2.75) is 6.42 Å². The van der Waals surface area contributed by atoms with Crippen LogP contribution in [0.25, 0.3) is 0 Å². The van der Waals surface area contributed by atoms with Crippen molar-refractivity contribution in [1.82, 2.24) is 10.2 Å². The minimum Gasteiger partial charge on any atom is -0.478 e. The van der Waals surface area contributed by atoms with Crippen LogP contribution in [0.4, 0.5) is 10.5 Å². The molecule has 1 aromatic rings. The lowest BCUT2D eigenvalue weighted by Gasteiger charge is -2.19. The Morgan fingerprint density at radius 2 is 2.00 bits per heavy atom. The van der Waals surface area contributed by atoms with Crippen molar-refractivity contribution in [2.24, 2.45) is 0 Å². The van der Waals surface area contributed by atoms with Gasteiger partial charge >= 0.3 is 12.0 Å². The van der Waals surface area contributed by atoms with Crippen LogP contribution in [0.5, 0.6) is 0 Å². The minimum absolute atomic E-state index is 0.0408. The summed E-state index contributed by atoms with van der Waals surface area (Å²) >= 11 is 11.7. The average molecular weight is 334 g/mol. The van der Waals surface area contributed by atoms with E-state index in [-0.39, 0.29) is 21.3 Å². The van der Waals surface area contributed by atoms with Crippen molar-refractivity contribution in [3.63, 3.8) is 0 Å². The molecule has 0 heterocycles. The van der Waals surface area contributed by atoms with E-state index in [0.717, 1.165) is 13.0 Å². The molecule has 0 aliphatic carbocycles. The fraction of sp³-hybridized carbons (Fsp3) is 0.385. The molecule has 0 aliphatic rings. The zero-order valence-electron chi connectivity index (χ0n) is 11.7. The Labute approximate surface area is 133 Å². The van der Waals surface area contributed by atoms with Gasteiger partial charge in [-0.1, -0.05) is 23.2 Å². The second-order valence-corrected chi connectivity index (χ2v) is 5.27. The van der Waals surface area contributed by atoms with E-state index in [9.17, 15) is 9.59 Å². The minimum atomic E-state index is -1.22. The van der Waals surface area contributed by atoms with Crippen LogP contribution in [-0.2, 0) is 0 Å². The number of halogens is 2. The molecule has 0 aliphatic heterocycles. The van der Waals surface area contributed by atoms with Crippen LogP contribution in [0.1, 0.15) is 16.8 Å². The standard InChI is InChI=1S/C13H17Cl2N3O3/c1-16-4-3-5-18(2)13(21)17-11-9(12(19)20)6-8(14)7-10(11)15/h6-7,16H,3-5H2,1-2H3,(H,17,21)(H,19,20). The maximum absolute atomic E-state index is 12.0. The summed E-state index contributed by atoms with van der Waals surface area (Å²) in [6.07, 6.45) is 0.778. The number of amides is 2. The van der Waals surface area contributed by atoms with E-state index in [1.807, 2.05) is 7.05 Å². The summed E-state index contributed by atoms with van der Waals surface area (Å²) in [7, 11) is 3.45. The summed E-state index contributed by atoms with van der Waals surface area (Å²) in [5.41, 5.74) is -0.108. The van der Waals surface area contributed by atoms with Gasteiger partial charge in [0.05, 0.1) is 16.3 Å². The van der Waals surface area contributed by atoms with E-state index in [1.165, 1.54) is 17.0 Å². The van der Waals surface area contributed by atoms with E-state index in [0.29, 0.717) is 6.54 Å². The van der Waals surface area contributed by atoms with E-state index in [1.54, 1.807) is 7.05 Å². The Bertz CT molecular complexity index is 538. The van der Waals surface area contributed by atoms with Crippen molar-refractivity contribution >= 4 is 40.9 Å².